The molecule has 1 aromatic rings. The van der Waals surface area contributed by atoms with Crippen molar-refractivity contribution in [3.8, 4) is 0 Å². The minimum absolute atomic E-state index is 0.129. The van der Waals surface area contributed by atoms with E-state index in [-0.39, 0.29) is 5.54 Å². The van der Waals surface area contributed by atoms with Crippen molar-refractivity contribution in [1.82, 2.24) is 0 Å². The predicted molar refractivity (Wildman–Crippen MR) is 88.2 cm³/mol. The summed E-state index contributed by atoms with van der Waals surface area (Å²) in [6, 6.07) is 8.85. The van der Waals surface area contributed by atoms with Gasteiger partial charge in [-0.15, -0.1) is 0 Å². The number of aryl methyl sites for hydroxylation is 1. The third-order valence-corrected chi connectivity index (χ3v) is 4.89. The Hall–Kier alpha value is -1.02. The summed E-state index contributed by atoms with van der Waals surface area (Å²) in [5.41, 5.74) is 9.45. The lowest BCUT2D eigenvalue weighted by molar-refractivity contribution is 0.148. The van der Waals surface area contributed by atoms with Gasteiger partial charge >= 0.3 is 0 Å². The van der Waals surface area contributed by atoms with Crippen LogP contribution in [0.15, 0.2) is 24.3 Å². The number of benzene rings is 1. The maximum atomic E-state index is 6.27. The van der Waals surface area contributed by atoms with E-state index in [1.54, 1.807) is 0 Å². The van der Waals surface area contributed by atoms with Crippen LogP contribution in [0.5, 0.6) is 0 Å². The van der Waals surface area contributed by atoms with Crippen molar-refractivity contribution < 1.29 is 0 Å². The molecule has 1 aliphatic carbocycles. The van der Waals surface area contributed by atoms with Crippen molar-refractivity contribution in [2.75, 3.05) is 18.0 Å². The van der Waals surface area contributed by atoms with Crippen LogP contribution in [0.25, 0.3) is 0 Å². The fourth-order valence-electron chi connectivity index (χ4n) is 4.07. The molecule has 0 aliphatic heterocycles. The van der Waals surface area contributed by atoms with E-state index in [1.165, 1.54) is 36.9 Å². The van der Waals surface area contributed by atoms with E-state index in [0.29, 0.717) is 5.41 Å². The van der Waals surface area contributed by atoms with Crippen LogP contribution < -0.4 is 10.6 Å². The Morgan fingerprint density at radius 1 is 1.25 bits per heavy atom. The van der Waals surface area contributed by atoms with Crippen molar-refractivity contribution in [2.45, 2.75) is 58.9 Å². The minimum atomic E-state index is 0.129. The smallest absolute Gasteiger partial charge is 0.0529 e. The minimum Gasteiger partial charge on any atom is -0.365 e. The van der Waals surface area contributed by atoms with E-state index in [4.69, 9.17) is 5.73 Å². The number of hydrogen-bond donors (Lipinski definition) is 1. The third-order valence-electron chi connectivity index (χ3n) is 4.89. The number of likely N-dealkylation sites (N-methyl/N-ethyl adjacent to an activating group) is 1. The van der Waals surface area contributed by atoms with E-state index in [9.17, 15) is 0 Å². The maximum absolute atomic E-state index is 6.27. The summed E-state index contributed by atoms with van der Waals surface area (Å²) in [5, 5.41) is 0. The Kier molecular flexibility index (Phi) is 4.43. The summed E-state index contributed by atoms with van der Waals surface area (Å²) in [6.45, 7) is 11.0. The lowest BCUT2D eigenvalue weighted by Gasteiger charge is -2.52. The van der Waals surface area contributed by atoms with Crippen molar-refractivity contribution in [3.05, 3.63) is 29.8 Å². The highest BCUT2D eigenvalue weighted by Crippen LogP contribution is 2.44. The van der Waals surface area contributed by atoms with Gasteiger partial charge in [0.2, 0.25) is 0 Å². The molecular weight excluding hydrogens is 244 g/mol. The molecule has 112 valence electrons. The molecule has 0 radical (unpaired) electrons. The van der Waals surface area contributed by atoms with Crippen molar-refractivity contribution in [1.29, 1.82) is 0 Å². The second-order valence-corrected chi connectivity index (χ2v) is 7.21. The summed E-state index contributed by atoms with van der Waals surface area (Å²) < 4.78 is 0. The van der Waals surface area contributed by atoms with Gasteiger partial charge in [0.1, 0.15) is 0 Å². The third kappa shape index (κ3) is 3.01. The highest BCUT2D eigenvalue weighted by Gasteiger charge is 2.42. The molecular formula is C18H30N2. The zero-order valence-corrected chi connectivity index (χ0v) is 13.6. The standard InChI is InChI=1S/C18H30N2/c1-5-20(16-9-6-8-15(2)12-16)18(14-19)11-7-10-17(3,4)13-18/h6,8-9,12H,5,7,10-11,13-14,19H2,1-4H3. The van der Waals surface area contributed by atoms with Crippen LogP contribution in [-0.2, 0) is 0 Å². The monoisotopic (exact) mass is 274 g/mol. The fraction of sp³-hybridized carbons (Fsp3) is 0.667. The Morgan fingerprint density at radius 3 is 2.55 bits per heavy atom. The number of anilines is 1. The Morgan fingerprint density at radius 2 is 2.00 bits per heavy atom. The normalized spacial score (nSPS) is 25.4. The number of nitrogens with two attached hydrogens (primary N) is 1. The van der Waals surface area contributed by atoms with Gasteiger partial charge in [0.05, 0.1) is 5.54 Å². The Labute approximate surface area is 124 Å². The van der Waals surface area contributed by atoms with Gasteiger partial charge in [-0.2, -0.15) is 0 Å². The topological polar surface area (TPSA) is 29.3 Å². The number of hydrogen-bond acceptors (Lipinski definition) is 2. The lowest BCUT2D eigenvalue weighted by atomic mass is 9.67. The molecule has 1 atom stereocenters. The molecule has 2 heteroatoms. The van der Waals surface area contributed by atoms with Crippen molar-refractivity contribution >= 4 is 5.69 Å². The van der Waals surface area contributed by atoms with Gasteiger partial charge in [-0.25, -0.2) is 0 Å². The van der Waals surface area contributed by atoms with E-state index < -0.39 is 0 Å². The van der Waals surface area contributed by atoms with Gasteiger partial charge in [-0.05, 0) is 56.2 Å². The molecule has 0 spiro atoms. The molecule has 2 rings (SSSR count). The van der Waals surface area contributed by atoms with Gasteiger partial charge in [0.15, 0.2) is 0 Å². The van der Waals surface area contributed by atoms with Crippen LogP contribution in [-0.4, -0.2) is 18.6 Å². The molecule has 0 bridgehead atoms. The second kappa shape index (κ2) is 5.77. The highest BCUT2D eigenvalue weighted by atomic mass is 15.2. The molecule has 2 nitrogen and oxygen atoms in total. The van der Waals surface area contributed by atoms with Crippen LogP contribution in [0.1, 0.15) is 52.0 Å². The van der Waals surface area contributed by atoms with Gasteiger partial charge in [0.25, 0.3) is 0 Å². The molecule has 0 aromatic heterocycles. The van der Waals surface area contributed by atoms with E-state index in [1.807, 2.05) is 0 Å². The number of rotatable bonds is 4. The van der Waals surface area contributed by atoms with E-state index in [0.717, 1.165) is 13.1 Å². The van der Waals surface area contributed by atoms with Crippen molar-refractivity contribution in [3.63, 3.8) is 0 Å². The van der Waals surface area contributed by atoms with Gasteiger partial charge < -0.3 is 10.6 Å². The van der Waals surface area contributed by atoms with E-state index >= 15 is 0 Å². The molecule has 1 aromatic carbocycles. The van der Waals surface area contributed by atoms with Crippen LogP contribution in [0.4, 0.5) is 5.69 Å². The summed E-state index contributed by atoms with van der Waals surface area (Å²) >= 11 is 0. The Bertz CT molecular complexity index is 452. The molecule has 1 aliphatic rings. The summed E-state index contributed by atoms with van der Waals surface area (Å²) in [6.07, 6.45) is 5.01. The predicted octanol–water partition coefficient (Wildman–Crippen LogP) is 4.12. The zero-order chi connectivity index (χ0) is 14.8. The number of nitrogens with zero attached hydrogens (tertiary/aromatic N) is 1. The SMILES string of the molecule is CCN(c1cccc(C)c1)C1(CN)CCCC(C)(C)C1. The maximum Gasteiger partial charge on any atom is 0.0529 e. The molecule has 0 heterocycles. The molecule has 20 heavy (non-hydrogen) atoms. The quantitative estimate of drug-likeness (QED) is 0.895. The first kappa shape index (κ1) is 15.4. The summed E-state index contributed by atoms with van der Waals surface area (Å²) in [5.74, 6) is 0. The largest absolute Gasteiger partial charge is 0.365 e. The summed E-state index contributed by atoms with van der Waals surface area (Å²) in [7, 11) is 0. The van der Waals surface area contributed by atoms with Crippen LogP contribution in [0, 0.1) is 12.3 Å². The zero-order valence-electron chi connectivity index (χ0n) is 13.6. The van der Waals surface area contributed by atoms with Gasteiger partial charge in [-0.1, -0.05) is 32.4 Å². The second-order valence-electron chi connectivity index (χ2n) is 7.21. The summed E-state index contributed by atoms with van der Waals surface area (Å²) in [4.78, 5) is 2.56. The van der Waals surface area contributed by atoms with Gasteiger partial charge in [0, 0.05) is 18.8 Å². The molecule has 2 N–H and O–H groups in total. The van der Waals surface area contributed by atoms with Crippen LogP contribution in [0.2, 0.25) is 0 Å². The van der Waals surface area contributed by atoms with Gasteiger partial charge in [-0.3, -0.25) is 0 Å². The first-order valence-corrected chi connectivity index (χ1v) is 7.97. The first-order chi connectivity index (χ1) is 9.42. The van der Waals surface area contributed by atoms with Crippen molar-refractivity contribution in [2.24, 2.45) is 11.1 Å². The lowest BCUT2D eigenvalue weighted by Crippen LogP contribution is -2.58. The molecule has 1 fully saturated rings. The molecule has 0 saturated heterocycles. The van der Waals surface area contributed by atoms with Crippen LogP contribution >= 0.6 is 0 Å². The Balaban J connectivity index is 2.37. The molecule has 0 amide bonds. The highest BCUT2D eigenvalue weighted by molar-refractivity contribution is 5.51. The first-order valence-electron chi connectivity index (χ1n) is 7.97. The van der Waals surface area contributed by atoms with E-state index in [2.05, 4.69) is 56.9 Å². The average Bonchev–Trinajstić information content (AvgIpc) is 2.38. The molecule has 1 unspecified atom stereocenters. The fourth-order valence-corrected chi connectivity index (χ4v) is 4.07. The van der Waals surface area contributed by atoms with Crippen LogP contribution in [0.3, 0.4) is 0 Å². The average molecular weight is 274 g/mol. The molecule has 1 saturated carbocycles.